The van der Waals surface area contributed by atoms with E-state index in [9.17, 15) is 13.2 Å². The van der Waals surface area contributed by atoms with Crippen LogP contribution in [0.4, 0.5) is 5.69 Å². The van der Waals surface area contributed by atoms with Gasteiger partial charge in [-0.2, -0.15) is 4.31 Å². The van der Waals surface area contributed by atoms with Crippen LogP contribution in [0, 0.1) is 0 Å². The summed E-state index contributed by atoms with van der Waals surface area (Å²) in [6.45, 7) is -0.0118. The van der Waals surface area contributed by atoms with E-state index in [4.69, 9.17) is 4.74 Å². The van der Waals surface area contributed by atoms with Crippen molar-refractivity contribution in [2.75, 3.05) is 32.1 Å². The van der Waals surface area contributed by atoms with Gasteiger partial charge in [-0.1, -0.05) is 36.4 Å². The maximum atomic E-state index is 13.0. The van der Waals surface area contributed by atoms with Gasteiger partial charge in [0, 0.05) is 32.0 Å². The van der Waals surface area contributed by atoms with Gasteiger partial charge < -0.3 is 9.64 Å². The number of hydrogen-bond acceptors (Lipinski definition) is 4. The van der Waals surface area contributed by atoms with E-state index in [1.54, 1.807) is 44.5 Å². The second kappa shape index (κ2) is 7.57. The highest BCUT2D eigenvalue weighted by atomic mass is 32.2. The summed E-state index contributed by atoms with van der Waals surface area (Å²) in [5.74, 6) is -0.284. The molecule has 1 heterocycles. The number of carbonyl (C=O) groups excluding carboxylic acids is 1. The summed E-state index contributed by atoms with van der Waals surface area (Å²) in [5, 5.41) is 0. The lowest BCUT2D eigenvalue weighted by molar-refractivity contribution is -0.118. The predicted molar refractivity (Wildman–Crippen MR) is 99.4 cm³/mol. The summed E-state index contributed by atoms with van der Waals surface area (Å²) in [6, 6.07) is 15.7. The molecule has 0 N–H and O–H groups in total. The molecular weight excluding hydrogens is 352 g/mol. The Morgan fingerprint density at radius 2 is 1.69 bits per heavy atom. The number of amides is 1. The number of nitrogens with zero attached hydrogens (tertiary/aromatic N) is 2. The fraction of sp³-hybridized carbons (Fsp3) is 0.316. The lowest BCUT2D eigenvalue weighted by Crippen LogP contribution is -2.41. The Morgan fingerprint density at radius 3 is 2.38 bits per heavy atom. The van der Waals surface area contributed by atoms with Crippen molar-refractivity contribution in [2.45, 2.75) is 17.4 Å². The zero-order valence-electron chi connectivity index (χ0n) is 14.8. The van der Waals surface area contributed by atoms with Crippen LogP contribution >= 0.6 is 0 Å². The van der Waals surface area contributed by atoms with Gasteiger partial charge in [-0.15, -0.1) is 0 Å². The monoisotopic (exact) mass is 374 g/mol. The van der Waals surface area contributed by atoms with Gasteiger partial charge >= 0.3 is 0 Å². The molecule has 1 amide bonds. The molecule has 138 valence electrons. The summed E-state index contributed by atoms with van der Waals surface area (Å²) in [5.41, 5.74) is 1.62. The van der Waals surface area contributed by atoms with E-state index in [1.165, 1.54) is 9.21 Å². The molecule has 0 aromatic heterocycles. The van der Waals surface area contributed by atoms with E-state index < -0.39 is 10.0 Å². The summed E-state index contributed by atoms with van der Waals surface area (Å²) in [4.78, 5) is 14.4. The lowest BCUT2D eigenvalue weighted by Gasteiger charge is -2.23. The van der Waals surface area contributed by atoms with E-state index in [2.05, 4.69) is 0 Å². The molecule has 2 aromatic carbocycles. The van der Waals surface area contributed by atoms with Crippen molar-refractivity contribution in [3.05, 3.63) is 60.2 Å². The van der Waals surface area contributed by atoms with Crippen LogP contribution in [0.1, 0.15) is 18.1 Å². The van der Waals surface area contributed by atoms with Gasteiger partial charge in [0.25, 0.3) is 0 Å². The SMILES string of the molecule is COC1CCN(S(=O)(=O)c2ccccc2)CC(=O)N(C)c2ccccc21. The summed E-state index contributed by atoms with van der Waals surface area (Å²) >= 11 is 0. The third-order valence-electron chi connectivity index (χ3n) is 4.64. The molecular formula is C19H22N2O4S. The first-order chi connectivity index (χ1) is 12.4. The minimum absolute atomic E-state index is 0.182. The minimum Gasteiger partial charge on any atom is -0.377 e. The van der Waals surface area contributed by atoms with Crippen molar-refractivity contribution in [1.82, 2.24) is 4.31 Å². The standard InChI is InChI=1S/C19H22N2O4S/c1-20-17-11-7-6-10-16(17)18(25-2)12-13-21(14-19(20)22)26(23,24)15-8-4-3-5-9-15/h3-11,18H,12-14H2,1-2H3. The van der Waals surface area contributed by atoms with Gasteiger partial charge in [0.1, 0.15) is 0 Å². The van der Waals surface area contributed by atoms with Crippen molar-refractivity contribution < 1.29 is 17.9 Å². The molecule has 1 atom stereocenters. The molecule has 0 aliphatic carbocycles. The Bertz CT molecular complexity index is 883. The average molecular weight is 374 g/mol. The van der Waals surface area contributed by atoms with Crippen LogP contribution in [-0.4, -0.2) is 45.9 Å². The molecule has 7 heteroatoms. The van der Waals surface area contributed by atoms with Crippen molar-refractivity contribution >= 4 is 21.6 Å². The van der Waals surface area contributed by atoms with E-state index in [1.807, 2.05) is 24.3 Å². The largest absolute Gasteiger partial charge is 0.377 e. The maximum absolute atomic E-state index is 13.0. The normalized spacial score (nSPS) is 19.4. The summed E-state index contributed by atoms with van der Waals surface area (Å²) < 4.78 is 32.8. The van der Waals surface area contributed by atoms with Gasteiger partial charge in [0.15, 0.2) is 0 Å². The number of sulfonamides is 1. The van der Waals surface area contributed by atoms with Gasteiger partial charge in [0.2, 0.25) is 15.9 Å². The molecule has 1 aliphatic rings. The number of ether oxygens (including phenoxy) is 1. The van der Waals surface area contributed by atoms with E-state index in [0.717, 1.165) is 11.3 Å². The maximum Gasteiger partial charge on any atom is 0.243 e. The molecule has 2 aromatic rings. The molecule has 26 heavy (non-hydrogen) atoms. The van der Waals surface area contributed by atoms with Crippen molar-refractivity contribution in [3.63, 3.8) is 0 Å². The van der Waals surface area contributed by atoms with Crippen LogP contribution in [0.25, 0.3) is 0 Å². The number of para-hydroxylation sites is 1. The Labute approximate surface area is 154 Å². The molecule has 0 saturated carbocycles. The van der Waals surface area contributed by atoms with E-state index in [0.29, 0.717) is 6.42 Å². The van der Waals surface area contributed by atoms with Gasteiger partial charge in [-0.3, -0.25) is 4.79 Å². The van der Waals surface area contributed by atoms with Gasteiger partial charge in [0.05, 0.1) is 17.5 Å². The molecule has 0 saturated heterocycles. The zero-order valence-corrected chi connectivity index (χ0v) is 15.6. The number of methoxy groups -OCH3 is 1. The van der Waals surface area contributed by atoms with Crippen LogP contribution in [0.3, 0.4) is 0 Å². The highest BCUT2D eigenvalue weighted by Crippen LogP contribution is 2.32. The van der Waals surface area contributed by atoms with Crippen LogP contribution in [0.5, 0.6) is 0 Å². The Balaban J connectivity index is 2.00. The molecule has 3 rings (SSSR count). The molecule has 0 radical (unpaired) electrons. The number of anilines is 1. The number of fused-ring (bicyclic) bond motifs is 1. The number of hydrogen-bond donors (Lipinski definition) is 0. The molecule has 0 spiro atoms. The summed E-state index contributed by atoms with van der Waals surface area (Å²) in [6.07, 6.45) is 0.161. The van der Waals surface area contributed by atoms with Crippen molar-refractivity contribution in [1.29, 1.82) is 0 Å². The van der Waals surface area contributed by atoms with E-state index in [-0.39, 0.29) is 30.0 Å². The average Bonchev–Trinajstić information content (AvgIpc) is 2.72. The highest BCUT2D eigenvalue weighted by Gasteiger charge is 2.31. The van der Waals surface area contributed by atoms with E-state index >= 15 is 0 Å². The molecule has 0 fully saturated rings. The number of benzene rings is 2. The molecule has 0 bridgehead atoms. The smallest absolute Gasteiger partial charge is 0.243 e. The second-order valence-electron chi connectivity index (χ2n) is 6.18. The van der Waals surface area contributed by atoms with Gasteiger partial charge in [-0.05, 0) is 24.6 Å². The number of likely N-dealkylation sites (N-methyl/N-ethyl adjacent to an activating group) is 1. The first kappa shape index (κ1) is 18.6. The Kier molecular flexibility index (Phi) is 5.41. The minimum atomic E-state index is -3.76. The third-order valence-corrected chi connectivity index (χ3v) is 6.50. The third kappa shape index (κ3) is 3.51. The number of rotatable bonds is 3. The predicted octanol–water partition coefficient (Wildman–Crippen LogP) is 2.43. The lowest BCUT2D eigenvalue weighted by atomic mass is 10.0. The van der Waals surface area contributed by atoms with Crippen molar-refractivity contribution in [2.24, 2.45) is 0 Å². The van der Waals surface area contributed by atoms with Crippen LogP contribution < -0.4 is 4.90 Å². The van der Waals surface area contributed by atoms with Gasteiger partial charge in [-0.25, -0.2) is 8.42 Å². The molecule has 1 aliphatic heterocycles. The highest BCUT2D eigenvalue weighted by molar-refractivity contribution is 7.89. The Hall–Kier alpha value is -2.22. The first-order valence-corrected chi connectivity index (χ1v) is 9.82. The first-order valence-electron chi connectivity index (χ1n) is 8.38. The molecule has 1 unspecified atom stereocenters. The molecule has 6 nitrogen and oxygen atoms in total. The number of carbonyl (C=O) groups is 1. The van der Waals surface area contributed by atoms with Crippen LogP contribution in [0.2, 0.25) is 0 Å². The Morgan fingerprint density at radius 1 is 1.04 bits per heavy atom. The summed E-state index contributed by atoms with van der Waals surface area (Å²) in [7, 11) is -0.509. The van der Waals surface area contributed by atoms with Crippen molar-refractivity contribution in [3.8, 4) is 0 Å². The zero-order chi connectivity index (χ0) is 18.7. The topological polar surface area (TPSA) is 66.9 Å². The van der Waals surface area contributed by atoms with Crippen LogP contribution in [0.15, 0.2) is 59.5 Å². The fourth-order valence-electron chi connectivity index (χ4n) is 3.14. The quantitative estimate of drug-likeness (QED) is 0.828. The van der Waals surface area contributed by atoms with Crippen LogP contribution in [-0.2, 0) is 19.6 Å². The second-order valence-corrected chi connectivity index (χ2v) is 8.11. The fourth-order valence-corrected chi connectivity index (χ4v) is 4.57.